The van der Waals surface area contributed by atoms with E-state index in [-0.39, 0.29) is 24.4 Å². The van der Waals surface area contributed by atoms with Gasteiger partial charge in [0, 0.05) is 5.92 Å². The molecule has 0 radical (unpaired) electrons. The van der Waals surface area contributed by atoms with Crippen LogP contribution in [-0.4, -0.2) is 42.3 Å². The molecule has 1 aliphatic rings. The van der Waals surface area contributed by atoms with Gasteiger partial charge in [0.05, 0.1) is 0 Å². The maximum Gasteiger partial charge on any atom is 0.407 e. The molecule has 0 saturated heterocycles. The van der Waals surface area contributed by atoms with Gasteiger partial charge >= 0.3 is 12.1 Å². The molecule has 0 bridgehead atoms. The summed E-state index contributed by atoms with van der Waals surface area (Å²) in [5.74, 6) is -1.30. The van der Waals surface area contributed by atoms with E-state index >= 15 is 0 Å². The van der Waals surface area contributed by atoms with Gasteiger partial charge in [-0.2, -0.15) is 0 Å². The van der Waals surface area contributed by atoms with Crippen LogP contribution in [0.5, 0.6) is 0 Å². The molecule has 4 atom stereocenters. The third-order valence-corrected chi connectivity index (χ3v) is 7.28. The van der Waals surface area contributed by atoms with Crippen molar-refractivity contribution in [3.63, 3.8) is 0 Å². The minimum Gasteiger partial charge on any atom is -0.458 e. The molecule has 0 saturated carbocycles. The molecule has 0 aromatic heterocycles. The predicted molar refractivity (Wildman–Crippen MR) is 149 cm³/mol. The number of fused-ring (bicyclic) bond motifs is 3. The molecule has 7 heteroatoms. The lowest BCUT2D eigenvalue weighted by Crippen LogP contribution is -2.56. The average molecular weight is 523 g/mol. The number of benzene rings is 2. The van der Waals surface area contributed by atoms with Gasteiger partial charge in [0.1, 0.15) is 24.3 Å². The minimum atomic E-state index is -0.857. The van der Waals surface area contributed by atoms with Gasteiger partial charge in [-0.15, -0.1) is 0 Å². The summed E-state index contributed by atoms with van der Waals surface area (Å²) in [7, 11) is 0. The largest absolute Gasteiger partial charge is 0.458 e. The zero-order valence-electron chi connectivity index (χ0n) is 23.7. The van der Waals surface area contributed by atoms with Crippen LogP contribution in [0.15, 0.2) is 48.5 Å². The summed E-state index contributed by atoms with van der Waals surface area (Å²) in [6.45, 7) is 13.2. The molecular formula is C31H42N2O5. The highest BCUT2D eigenvalue weighted by Crippen LogP contribution is 2.44. The Balaban J connectivity index is 1.70. The number of ether oxygens (including phenoxy) is 2. The van der Waals surface area contributed by atoms with Gasteiger partial charge in [0.2, 0.25) is 5.91 Å². The molecular weight excluding hydrogens is 480 g/mol. The van der Waals surface area contributed by atoms with Crippen LogP contribution in [0, 0.1) is 11.8 Å². The van der Waals surface area contributed by atoms with Crippen molar-refractivity contribution in [3.05, 3.63) is 59.7 Å². The average Bonchev–Trinajstić information content (AvgIpc) is 3.20. The van der Waals surface area contributed by atoms with Crippen molar-refractivity contribution in [3.8, 4) is 11.1 Å². The summed E-state index contributed by atoms with van der Waals surface area (Å²) in [4.78, 5) is 39.2. The van der Waals surface area contributed by atoms with Gasteiger partial charge in [-0.05, 0) is 54.9 Å². The van der Waals surface area contributed by atoms with E-state index in [1.54, 1.807) is 20.8 Å². The molecule has 2 amide bonds. The zero-order chi connectivity index (χ0) is 28.0. The van der Waals surface area contributed by atoms with Crippen LogP contribution in [0.3, 0.4) is 0 Å². The van der Waals surface area contributed by atoms with Crippen molar-refractivity contribution in [1.29, 1.82) is 0 Å². The monoisotopic (exact) mass is 522 g/mol. The number of esters is 1. The lowest BCUT2D eigenvalue weighted by molar-refractivity contribution is -0.160. The molecule has 206 valence electrons. The zero-order valence-corrected chi connectivity index (χ0v) is 23.7. The van der Waals surface area contributed by atoms with E-state index in [0.29, 0.717) is 12.8 Å². The third-order valence-electron chi connectivity index (χ3n) is 7.28. The second kappa shape index (κ2) is 12.5. The van der Waals surface area contributed by atoms with E-state index in [4.69, 9.17) is 9.47 Å². The van der Waals surface area contributed by atoms with E-state index in [9.17, 15) is 14.4 Å². The molecule has 2 aromatic carbocycles. The van der Waals surface area contributed by atoms with E-state index < -0.39 is 35.7 Å². The number of alkyl carbamates (subject to hydrolysis) is 1. The fourth-order valence-electron chi connectivity index (χ4n) is 4.75. The third kappa shape index (κ3) is 6.94. The highest BCUT2D eigenvalue weighted by molar-refractivity contribution is 5.90. The van der Waals surface area contributed by atoms with E-state index in [2.05, 4.69) is 34.9 Å². The summed E-state index contributed by atoms with van der Waals surface area (Å²) in [5.41, 5.74) is 3.85. The Bertz CT molecular complexity index is 1090. The van der Waals surface area contributed by atoms with Crippen molar-refractivity contribution in [2.45, 2.75) is 84.9 Å². The van der Waals surface area contributed by atoms with Gasteiger partial charge in [-0.1, -0.05) is 89.1 Å². The molecule has 2 aromatic rings. The standard InChI is InChI=1S/C31H42N2O5/c1-8-19(3)26(28(34)32-27(20(4)9-2)29(35)38-31(5,6)7)33-30(36)37-18-25-23-16-12-10-14-21(23)22-15-11-13-17-24(22)25/h10-17,19-20,25-27H,8-9,18H2,1-7H3,(H,32,34)(H,33,36)/t19-,20-,26-,27-/m0/s1. The molecule has 1 aliphatic carbocycles. The van der Waals surface area contributed by atoms with Crippen molar-refractivity contribution in [1.82, 2.24) is 10.6 Å². The Kier molecular flexibility index (Phi) is 9.58. The molecule has 0 unspecified atom stereocenters. The quantitative estimate of drug-likeness (QED) is 0.384. The number of amides is 2. The van der Waals surface area contributed by atoms with Gasteiger partial charge in [0.25, 0.3) is 0 Å². The van der Waals surface area contributed by atoms with E-state index in [1.807, 2.05) is 52.0 Å². The molecule has 3 rings (SSSR count). The lowest BCUT2D eigenvalue weighted by Gasteiger charge is -2.30. The highest BCUT2D eigenvalue weighted by atomic mass is 16.6. The number of hydrogen-bond acceptors (Lipinski definition) is 5. The Morgan fingerprint density at radius 1 is 0.816 bits per heavy atom. The summed E-state index contributed by atoms with van der Waals surface area (Å²) in [5, 5.41) is 5.61. The molecule has 0 heterocycles. The number of hydrogen-bond donors (Lipinski definition) is 2. The molecule has 7 nitrogen and oxygen atoms in total. The summed E-state index contributed by atoms with van der Waals surface area (Å²) >= 11 is 0. The number of carbonyl (C=O) groups excluding carboxylic acids is 3. The van der Waals surface area contributed by atoms with Crippen molar-refractivity contribution in [2.75, 3.05) is 6.61 Å². The van der Waals surface area contributed by atoms with Crippen LogP contribution in [0.2, 0.25) is 0 Å². The van der Waals surface area contributed by atoms with E-state index in [0.717, 1.165) is 22.3 Å². The fraction of sp³-hybridized carbons (Fsp3) is 0.516. The normalized spacial score (nSPS) is 15.9. The smallest absolute Gasteiger partial charge is 0.407 e. The number of nitrogens with one attached hydrogen (secondary N) is 2. The molecule has 0 fully saturated rings. The Labute approximate surface area is 226 Å². The fourth-order valence-corrected chi connectivity index (χ4v) is 4.75. The van der Waals surface area contributed by atoms with Gasteiger partial charge in [-0.3, -0.25) is 4.79 Å². The maximum atomic E-state index is 13.4. The van der Waals surface area contributed by atoms with Crippen molar-refractivity contribution in [2.24, 2.45) is 11.8 Å². The van der Waals surface area contributed by atoms with Crippen LogP contribution in [-0.2, 0) is 19.1 Å². The minimum absolute atomic E-state index is 0.0778. The first-order valence-electron chi connectivity index (χ1n) is 13.6. The SMILES string of the molecule is CC[C@H](C)[C@H](NC(=O)OCC1c2ccccc2-c2ccccc21)C(=O)N[C@H](C(=O)OC(C)(C)C)[C@@H](C)CC. The maximum absolute atomic E-state index is 13.4. The molecule has 38 heavy (non-hydrogen) atoms. The van der Waals surface area contributed by atoms with Crippen LogP contribution in [0.1, 0.15) is 78.4 Å². The van der Waals surface area contributed by atoms with Crippen molar-refractivity contribution < 1.29 is 23.9 Å². The summed E-state index contributed by atoms with van der Waals surface area (Å²) in [6.07, 6.45) is 0.671. The van der Waals surface area contributed by atoms with Crippen molar-refractivity contribution >= 4 is 18.0 Å². The van der Waals surface area contributed by atoms with E-state index in [1.165, 1.54) is 0 Å². The number of carbonyl (C=O) groups is 3. The van der Waals surface area contributed by atoms with Gasteiger partial charge < -0.3 is 20.1 Å². The lowest BCUT2D eigenvalue weighted by atomic mass is 9.95. The van der Waals surface area contributed by atoms with Gasteiger partial charge in [-0.25, -0.2) is 9.59 Å². The van der Waals surface area contributed by atoms with Crippen LogP contribution in [0.4, 0.5) is 4.79 Å². The second-order valence-corrected chi connectivity index (χ2v) is 11.2. The Hall–Kier alpha value is -3.35. The van der Waals surface area contributed by atoms with Crippen LogP contribution < -0.4 is 10.6 Å². The molecule has 2 N–H and O–H groups in total. The first-order valence-corrected chi connectivity index (χ1v) is 13.6. The highest BCUT2D eigenvalue weighted by Gasteiger charge is 2.35. The van der Waals surface area contributed by atoms with Gasteiger partial charge in [0.15, 0.2) is 0 Å². The predicted octanol–water partition coefficient (Wildman–Crippen LogP) is 5.81. The second-order valence-electron chi connectivity index (χ2n) is 11.2. The Morgan fingerprint density at radius 2 is 1.32 bits per heavy atom. The topological polar surface area (TPSA) is 93.7 Å². The number of rotatable bonds is 10. The summed E-state index contributed by atoms with van der Waals surface area (Å²) in [6, 6.07) is 14.6. The molecule has 0 aliphatic heterocycles. The Morgan fingerprint density at radius 3 is 1.82 bits per heavy atom. The molecule has 0 spiro atoms. The summed E-state index contributed by atoms with van der Waals surface area (Å²) < 4.78 is 11.2. The first-order chi connectivity index (χ1) is 18.0. The first kappa shape index (κ1) is 29.2. The van der Waals surface area contributed by atoms with Crippen LogP contribution >= 0.6 is 0 Å². The van der Waals surface area contributed by atoms with Crippen LogP contribution in [0.25, 0.3) is 11.1 Å².